The first-order valence-corrected chi connectivity index (χ1v) is 10.3. The number of nitrogens with one attached hydrogen (secondary N) is 1. The molecule has 2 aliphatic rings. The van der Waals surface area contributed by atoms with Crippen LogP contribution in [0.4, 0.5) is 23.2 Å². The lowest BCUT2D eigenvalue weighted by Crippen LogP contribution is -2.32. The number of amides is 1. The Morgan fingerprint density at radius 3 is 2.61 bits per heavy atom. The Bertz CT molecular complexity index is 1120. The van der Waals surface area contributed by atoms with E-state index in [2.05, 4.69) is 15.3 Å². The molecule has 2 fully saturated rings. The molecule has 3 N–H and O–H groups in total. The van der Waals surface area contributed by atoms with Gasteiger partial charge in [0.25, 0.3) is 11.8 Å². The zero-order chi connectivity index (χ0) is 23.8. The maximum atomic E-state index is 14.5. The van der Waals surface area contributed by atoms with Crippen LogP contribution in [0.3, 0.4) is 0 Å². The van der Waals surface area contributed by atoms with Gasteiger partial charge in [-0.2, -0.15) is 0 Å². The number of aromatic nitrogens is 2. The molecule has 1 aliphatic heterocycles. The Morgan fingerprint density at radius 2 is 1.94 bits per heavy atom. The molecule has 1 aliphatic carbocycles. The molecule has 0 bridgehead atoms. The molecule has 4 rings (SSSR count). The molecule has 2 aromatic rings. The van der Waals surface area contributed by atoms with E-state index in [1.807, 2.05) is 0 Å². The molecule has 1 saturated heterocycles. The van der Waals surface area contributed by atoms with Crippen molar-refractivity contribution in [1.29, 1.82) is 0 Å². The molecule has 33 heavy (non-hydrogen) atoms. The monoisotopic (exact) mass is 464 g/mol. The minimum atomic E-state index is -3.02. The Labute approximate surface area is 186 Å². The summed E-state index contributed by atoms with van der Waals surface area (Å²) >= 11 is 0. The van der Waals surface area contributed by atoms with E-state index in [4.69, 9.17) is 10.5 Å². The molecule has 7 nitrogen and oxygen atoms in total. The summed E-state index contributed by atoms with van der Waals surface area (Å²) in [6.45, 7) is -0.877. The second kappa shape index (κ2) is 8.89. The first-order valence-electron chi connectivity index (χ1n) is 10.3. The van der Waals surface area contributed by atoms with Gasteiger partial charge in [-0.1, -0.05) is 0 Å². The van der Waals surface area contributed by atoms with Gasteiger partial charge >= 0.3 is 0 Å². The largest absolute Gasteiger partial charge is 0.402 e. The van der Waals surface area contributed by atoms with Gasteiger partial charge in [-0.3, -0.25) is 9.59 Å². The van der Waals surface area contributed by atoms with Gasteiger partial charge in [0.2, 0.25) is 5.78 Å². The predicted molar refractivity (Wildman–Crippen MR) is 109 cm³/mol. The molecule has 0 spiro atoms. The minimum absolute atomic E-state index is 0.0283. The number of nitrogens with two attached hydrogens (primary N) is 1. The van der Waals surface area contributed by atoms with E-state index in [0.29, 0.717) is 0 Å². The molecule has 1 saturated carbocycles. The third-order valence-corrected chi connectivity index (χ3v) is 5.44. The summed E-state index contributed by atoms with van der Waals surface area (Å²) in [5, 5.41) is 2.34. The van der Waals surface area contributed by atoms with Crippen molar-refractivity contribution >= 4 is 17.4 Å². The quantitative estimate of drug-likeness (QED) is 0.384. The van der Waals surface area contributed by atoms with Crippen LogP contribution in [-0.2, 0) is 14.3 Å². The van der Waals surface area contributed by atoms with Gasteiger partial charge in [-0.25, -0.2) is 27.5 Å². The second-order valence-corrected chi connectivity index (χ2v) is 8.04. The number of alkyl halides is 2. The molecule has 1 aromatic carbocycles. The van der Waals surface area contributed by atoms with E-state index >= 15 is 0 Å². The first kappa shape index (κ1) is 22.8. The third-order valence-electron chi connectivity index (χ3n) is 5.44. The molecule has 1 atom stereocenters. The van der Waals surface area contributed by atoms with Crippen molar-refractivity contribution in [2.75, 3.05) is 11.9 Å². The topological polar surface area (TPSA) is 107 Å². The van der Waals surface area contributed by atoms with Crippen LogP contribution in [0.2, 0.25) is 0 Å². The van der Waals surface area contributed by atoms with Crippen LogP contribution in [0.5, 0.6) is 0 Å². The number of benzene rings is 1. The van der Waals surface area contributed by atoms with E-state index in [-0.39, 0.29) is 40.7 Å². The molecule has 1 unspecified atom stereocenters. The molecular weight excluding hydrogens is 444 g/mol. The summed E-state index contributed by atoms with van der Waals surface area (Å²) in [7, 11) is 0. The number of hydrogen-bond acceptors (Lipinski definition) is 6. The number of allylic oxidation sites excluding steroid dienone is 1. The fourth-order valence-corrected chi connectivity index (χ4v) is 3.51. The van der Waals surface area contributed by atoms with E-state index in [0.717, 1.165) is 43.4 Å². The first-order chi connectivity index (χ1) is 15.6. The molecule has 174 valence electrons. The van der Waals surface area contributed by atoms with Gasteiger partial charge in [0.05, 0.1) is 11.4 Å². The number of rotatable bonds is 6. The highest BCUT2D eigenvalue weighted by Gasteiger charge is 2.38. The molecule has 1 aromatic heterocycles. The van der Waals surface area contributed by atoms with Crippen molar-refractivity contribution in [3.05, 3.63) is 53.6 Å². The highest BCUT2D eigenvalue weighted by atomic mass is 19.3. The molecule has 0 radical (unpaired) electrons. The van der Waals surface area contributed by atoms with E-state index < -0.39 is 48.4 Å². The lowest BCUT2D eigenvalue weighted by molar-refractivity contribution is -0.146. The summed E-state index contributed by atoms with van der Waals surface area (Å²) in [6, 6.07) is 2.64. The van der Waals surface area contributed by atoms with Gasteiger partial charge in [0, 0.05) is 23.8 Å². The van der Waals surface area contributed by atoms with Crippen molar-refractivity contribution in [2.24, 2.45) is 11.7 Å². The summed E-state index contributed by atoms with van der Waals surface area (Å²) in [5.41, 5.74) is 5.28. The van der Waals surface area contributed by atoms with Gasteiger partial charge in [-0.05, 0) is 43.4 Å². The third kappa shape index (κ3) is 5.19. The Kier molecular flexibility index (Phi) is 6.15. The number of carbonyl (C=O) groups is 2. The number of ketones is 1. The van der Waals surface area contributed by atoms with Crippen molar-refractivity contribution in [2.45, 2.75) is 37.7 Å². The molecule has 2 heterocycles. The van der Waals surface area contributed by atoms with Gasteiger partial charge in [-0.15, -0.1) is 0 Å². The maximum absolute atomic E-state index is 14.5. The summed E-state index contributed by atoms with van der Waals surface area (Å²) in [6.07, 6.45) is 2.03. The summed E-state index contributed by atoms with van der Waals surface area (Å²) in [5.74, 6) is -6.67. The van der Waals surface area contributed by atoms with Crippen LogP contribution in [0.15, 0.2) is 36.3 Å². The van der Waals surface area contributed by atoms with Crippen LogP contribution < -0.4 is 11.1 Å². The fraction of sp³-hybridized carbons (Fsp3) is 0.364. The summed E-state index contributed by atoms with van der Waals surface area (Å²) < 4.78 is 60.7. The van der Waals surface area contributed by atoms with Crippen LogP contribution >= 0.6 is 0 Å². The smallest absolute Gasteiger partial charge is 0.296 e. The number of carbonyl (C=O) groups excluding carboxylic acids is 2. The minimum Gasteiger partial charge on any atom is -0.402 e. The number of ether oxygens (including phenoxy) is 1. The van der Waals surface area contributed by atoms with Gasteiger partial charge < -0.3 is 15.8 Å². The Morgan fingerprint density at radius 1 is 1.18 bits per heavy atom. The number of hydrogen-bond donors (Lipinski definition) is 2. The van der Waals surface area contributed by atoms with E-state index in [1.54, 1.807) is 0 Å². The van der Waals surface area contributed by atoms with E-state index in [1.165, 1.54) is 0 Å². The summed E-state index contributed by atoms with van der Waals surface area (Å²) in [4.78, 5) is 33.0. The SMILES string of the molecule is NC(=CC(=O)C(=O)Nc1c(-c2cc(F)ccc2F)ncnc1C1CCC(F)(F)CO1)C1CC1. The lowest BCUT2D eigenvalue weighted by Gasteiger charge is -2.29. The average molecular weight is 464 g/mol. The van der Waals surface area contributed by atoms with Crippen molar-refractivity contribution in [3.63, 3.8) is 0 Å². The van der Waals surface area contributed by atoms with Crippen LogP contribution in [-0.4, -0.2) is 34.2 Å². The lowest BCUT2D eigenvalue weighted by atomic mass is 10.00. The Balaban J connectivity index is 1.73. The predicted octanol–water partition coefficient (Wildman–Crippen LogP) is 3.67. The zero-order valence-corrected chi connectivity index (χ0v) is 17.3. The normalized spacial score (nSPS) is 20.4. The fourth-order valence-electron chi connectivity index (χ4n) is 3.51. The van der Waals surface area contributed by atoms with Crippen LogP contribution in [0.1, 0.15) is 37.5 Å². The standard InChI is InChI=1S/C22H20F4N4O3/c23-12-3-4-14(24)13(7-12)18-20(30-21(32)16(31)8-15(27)11-1-2-11)19(29-10-28-18)17-5-6-22(25,26)9-33-17/h3-4,7-8,10-11,17H,1-2,5-6,9,27H2,(H,30,32). The number of nitrogens with zero attached hydrogens (tertiary/aromatic N) is 2. The molecule has 11 heteroatoms. The maximum Gasteiger partial charge on any atom is 0.296 e. The second-order valence-electron chi connectivity index (χ2n) is 8.04. The van der Waals surface area contributed by atoms with Crippen LogP contribution in [0.25, 0.3) is 11.3 Å². The zero-order valence-electron chi connectivity index (χ0n) is 17.3. The van der Waals surface area contributed by atoms with Crippen LogP contribution in [0, 0.1) is 17.6 Å². The van der Waals surface area contributed by atoms with Gasteiger partial charge in [0.1, 0.15) is 36.4 Å². The van der Waals surface area contributed by atoms with Crippen molar-refractivity contribution in [1.82, 2.24) is 9.97 Å². The van der Waals surface area contributed by atoms with Crippen molar-refractivity contribution in [3.8, 4) is 11.3 Å². The highest BCUT2D eigenvalue weighted by molar-refractivity contribution is 6.45. The highest BCUT2D eigenvalue weighted by Crippen LogP contribution is 2.40. The van der Waals surface area contributed by atoms with Crippen molar-refractivity contribution < 1.29 is 31.9 Å². The van der Waals surface area contributed by atoms with E-state index in [9.17, 15) is 27.2 Å². The number of halogens is 4. The average Bonchev–Trinajstić information content (AvgIpc) is 3.61. The Hall–Kier alpha value is -3.34. The van der Waals surface area contributed by atoms with Gasteiger partial charge in [0.15, 0.2) is 0 Å². The molecule has 1 amide bonds. The molecular formula is C22H20F4N4O3. The number of anilines is 1.